The topological polar surface area (TPSA) is 77.0 Å². The van der Waals surface area contributed by atoms with Crippen LogP contribution in [0.3, 0.4) is 0 Å². The summed E-state index contributed by atoms with van der Waals surface area (Å²) < 4.78 is 1.49. The lowest BCUT2D eigenvalue weighted by atomic mass is 9.97. The number of rotatable bonds is 3. The van der Waals surface area contributed by atoms with Crippen molar-refractivity contribution < 1.29 is 10.2 Å². The summed E-state index contributed by atoms with van der Waals surface area (Å²) in [6.07, 6.45) is 3.76. The maximum absolute atomic E-state index is 11.4. The van der Waals surface area contributed by atoms with Crippen LogP contribution in [-0.2, 0) is 0 Å². The number of fused-ring (bicyclic) bond motifs is 2. The van der Waals surface area contributed by atoms with E-state index in [2.05, 4.69) is 9.97 Å². The molecule has 0 aliphatic heterocycles. The Morgan fingerprint density at radius 3 is 1.52 bits per heavy atom. The van der Waals surface area contributed by atoms with Crippen LogP contribution in [0.2, 0.25) is 0 Å². The molecule has 5 nitrogen and oxygen atoms in total. The summed E-state index contributed by atoms with van der Waals surface area (Å²) in [5, 5.41) is 24.8. The van der Waals surface area contributed by atoms with Crippen LogP contribution >= 0.6 is 0 Å². The van der Waals surface area contributed by atoms with Gasteiger partial charge in [0.25, 0.3) is 0 Å². The number of nitrogens with one attached hydrogen (secondary N) is 2. The first kappa shape index (κ1) is 17.5. The van der Waals surface area contributed by atoms with E-state index in [1.54, 1.807) is 0 Å². The first-order valence-corrected chi connectivity index (χ1v) is 10.1. The van der Waals surface area contributed by atoms with Gasteiger partial charge >= 0.3 is 0 Å². The molecule has 150 valence electrons. The van der Waals surface area contributed by atoms with Crippen molar-refractivity contribution in [1.29, 1.82) is 0 Å². The number of aromatic nitrogens is 3. The molecule has 0 atom stereocenters. The monoisotopic (exact) mass is 405 g/mol. The maximum Gasteiger partial charge on any atom is 0.207 e. The lowest BCUT2D eigenvalue weighted by Gasteiger charge is -2.06. The van der Waals surface area contributed by atoms with E-state index in [0.29, 0.717) is 16.8 Å². The predicted octanol–water partition coefficient (Wildman–Crippen LogP) is 6.19. The van der Waals surface area contributed by atoms with E-state index in [1.165, 1.54) is 4.57 Å². The molecular formula is C26H19N3O2. The fraction of sp³-hybridized carbons (Fsp3) is 0. The maximum atomic E-state index is 11.4. The molecule has 0 saturated heterocycles. The number of hydrogen-bond acceptors (Lipinski definition) is 2. The smallest absolute Gasteiger partial charge is 0.207 e. The molecule has 31 heavy (non-hydrogen) atoms. The van der Waals surface area contributed by atoms with Crippen molar-refractivity contribution in [3.05, 3.63) is 91.3 Å². The summed E-state index contributed by atoms with van der Waals surface area (Å²) in [7, 11) is 0. The minimum Gasteiger partial charge on any atom is -0.494 e. The van der Waals surface area contributed by atoms with E-state index in [0.717, 1.165) is 32.9 Å². The van der Waals surface area contributed by atoms with Crippen molar-refractivity contribution in [1.82, 2.24) is 14.5 Å². The van der Waals surface area contributed by atoms with Crippen LogP contribution in [0.1, 0.15) is 0 Å². The first-order valence-electron chi connectivity index (χ1n) is 10.1. The second-order valence-electron chi connectivity index (χ2n) is 7.56. The van der Waals surface area contributed by atoms with Crippen LogP contribution in [0.4, 0.5) is 0 Å². The summed E-state index contributed by atoms with van der Waals surface area (Å²) in [6, 6.07) is 25.3. The van der Waals surface area contributed by atoms with E-state index in [4.69, 9.17) is 0 Å². The highest BCUT2D eigenvalue weighted by molar-refractivity contribution is 6.07. The lowest BCUT2D eigenvalue weighted by molar-refractivity contribution is 0.404. The highest BCUT2D eigenvalue weighted by Gasteiger charge is 2.28. The zero-order valence-corrected chi connectivity index (χ0v) is 16.5. The number of aromatic hydroxyl groups is 2. The standard InChI is InChI=1S/C26H19N3O2/c30-25-23(19-14-27-21-12-6-4-10-17(19)21)24(20-15-28-22-13-7-5-11-18(20)22)26(31)29(25)16-8-2-1-3-9-16/h1-15,27-28,30-31H. The zero-order valence-electron chi connectivity index (χ0n) is 16.5. The Hall–Kier alpha value is -4.38. The molecule has 0 radical (unpaired) electrons. The van der Waals surface area contributed by atoms with E-state index >= 15 is 0 Å². The van der Waals surface area contributed by atoms with Gasteiger partial charge in [0.15, 0.2) is 0 Å². The SMILES string of the molecule is Oc1c(-c2c[nH]c3ccccc23)c(-c2c[nH]c3ccccc23)c(O)n1-c1ccccc1. The van der Waals surface area contributed by atoms with Gasteiger partial charge in [0, 0.05) is 45.3 Å². The van der Waals surface area contributed by atoms with E-state index in [1.807, 2.05) is 91.3 Å². The minimum absolute atomic E-state index is 0.00580. The molecule has 3 aromatic carbocycles. The van der Waals surface area contributed by atoms with Crippen LogP contribution in [0.5, 0.6) is 11.8 Å². The van der Waals surface area contributed by atoms with Gasteiger partial charge in [0.1, 0.15) is 0 Å². The highest BCUT2D eigenvalue weighted by Crippen LogP contribution is 2.51. The second kappa shape index (κ2) is 6.57. The lowest BCUT2D eigenvalue weighted by Crippen LogP contribution is -1.92. The minimum atomic E-state index is -0.00580. The van der Waals surface area contributed by atoms with E-state index in [9.17, 15) is 10.2 Å². The van der Waals surface area contributed by atoms with Crippen molar-refractivity contribution in [3.63, 3.8) is 0 Å². The molecule has 3 aromatic heterocycles. The van der Waals surface area contributed by atoms with Gasteiger partial charge in [-0.15, -0.1) is 0 Å². The van der Waals surface area contributed by atoms with Crippen molar-refractivity contribution in [3.8, 4) is 39.7 Å². The average molecular weight is 405 g/mol. The van der Waals surface area contributed by atoms with Crippen LogP contribution in [0.25, 0.3) is 49.7 Å². The Morgan fingerprint density at radius 1 is 0.548 bits per heavy atom. The van der Waals surface area contributed by atoms with Crippen LogP contribution in [0.15, 0.2) is 91.3 Å². The van der Waals surface area contributed by atoms with Gasteiger partial charge in [-0.25, -0.2) is 0 Å². The van der Waals surface area contributed by atoms with Gasteiger partial charge in [-0.2, -0.15) is 0 Å². The second-order valence-corrected chi connectivity index (χ2v) is 7.56. The number of para-hydroxylation sites is 3. The molecule has 0 bridgehead atoms. The number of aromatic amines is 2. The molecular weight excluding hydrogens is 386 g/mol. The third-order valence-corrected chi connectivity index (χ3v) is 5.85. The number of H-pyrrole nitrogens is 2. The number of benzene rings is 3. The summed E-state index contributed by atoms with van der Waals surface area (Å²) in [4.78, 5) is 6.56. The van der Waals surface area contributed by atoms with Crippen LogP contribution in [0, 0.1) is 0 Å². The van der Waals surface area contributed by atoms with Gasteiger partial charge in [-0.1, -0.05) is 54.6 Å². The Balaban J connectivity index is 1.74. The van der Waals surface area contributed by atoms with Gasteiger partial charge in [0.05, 0.1) is 16.8 Å². The van der Waals surface area contributed by atoms with Crippen molar-refractivity contribution in [2.75, 3.05) is 0 Å². The Kier molecular flexibility index (Phi) is 3.70. The highest BCUT2D eigenvalue weighted by atomic mass is 16.3. The molecule has 0 fully saturated rings. The molecule has 0 aliphatic carbocycles. The Morgan fingerprint density at radius 2 is 1.00 bits per heavy atom. The molecule has 6 rings (SSSR count). The molecule has 0 aliphatic rings. The molecule has 0 unspecified atom stereocenters. The first-order chi connectivity index (χ1) is 15.2. The molecule has 0 spiro atoms. The van der Waals surface area contributed by atoms with Crippen LogP contribution in [-0.4, -0.2) is 24.7 Å². The predicted molar refractivity (Wildman–Crippen MR) is 124 cm³/mol. The molecule has 3 heterocycles. The van der Waals surface area contributed by atoms with Crippen LogP contribution < -0.4 is 0 Å². The number of nitrogens with zero attached hydrogens (tertiary/aromatic N) is 1. The van der Waals surface area contributed by atoms with Crippen molar-refractivity contribution in [2.45, 2.75) is 0 Å². The molecule has 4 N–H and O–H groups in total. The summed E-state index contributed by atoms with van der Waals surface area (Å²) >= 11 is 0. The summed E-state index contributed by atoms with van der Waals surface area (Å²) in [6.45, 7) is 0. The van der Waals surface area contributed by atoms with Crippen molar-refractivity contribution >= 4 is 21.8 Å². The molecule has 5 heteroatoms. The van der Waals surface area contributed by atoms with Gasteiger partial charge in [0.2, 0.25) is 11.8 Å². The van der Waals surface area contributed by atoms with Gasteiger partial charge in [-0.3, -0.25) is 4.57 Å². The molecule has 6 aromatic rings. The van der Waals surface area contributed by atoms with Crippen molar-refractivity contribution in [2.24, 2.45) is 0 Å². The molecule has 0 saturated carbocycles. The fourth-order valence-electron chi connectivity index (χ4n) is 4.44. The fourth-order valence-corrected chi connectivity index (χ4v) is 4.44. The Labute approximate surface area is 177 Å². The summed E-state index contributed by atoms with van der Waals surface area (Å²) in [5.41, 5.74) is 5.45. The number of hydrogen-bond donors (Lipinski definition) is 4. The summed E-state index contributed by atoms with van der Waals surface area (Å²) in [5.74, 6) is -0.0116. The Bertz CT molecular complexity index is 1460. The van der Waals surface area contributed by atoms with Gasteiger partial charge in [-0.05, 0) is 24.3 Å². The largest absolute Gasteiger partial charge is 0.494 e. The van der Waals surface area contributed by atoms with E-state index in [-0.39, 0.29) is 11.8 Å². The van der Waals surface area contributed by atoms with Gasteiger partial charge < -0.3 is 20.2 Å². The van der Waals surface area contributed by atoms with E-state index < -0.39 is 0 Å². The normalized spacial score (nSPS) is 11.5. The zero-order chi connectivity index (χ0) is 20.9. The quantitative estimate of drug-likeness (QED) is 0.283. The average Bonchev–Trinajstić information content (AvgIpc) is 3.48. The molecule has 0 amide bonds. The third kappa shape index (κ3) is 2.50. The third-order valence-electron chi connectivity index (χ3n) is 5.85.